The molecule has 0 unspecified atom stereocenters. The summed E-state index contributed by atoms with van der Waals surface area (Å²) in [5.74, 6) is 0. The summed E-state index contributed by atoms with van der Waals surface area (Å²) < 4.78 is 67.5. The number of rotatable bonds is 9. The Morgan fingerprint density at radius 2 is 0.205 bits per heavy atom. The van der Waals surface area contributed by atoms with E-state index in [1.54, 1.807) is 231 Å². The molecule has 9 saturated carbocycles. The van der Waals surface area contributed by atoms with E-state index >= 15 is 0 Å². The molecule has 15 heteroatoms. The van der Waals surface area contributed by atoms with Crippen molar-refractivity contribution < 1.29 is 100 Å². The first-order valence-corrected chi connectivity index (χ1v) is 34.2. The van der Waals surface area contributed by atoms with Crippen LogP contribution in [0.15, 0.2) is 0 Å². The van der Waals surface area contributed by atoms with Crippen molar-refractivity contribution in [2.75, 3.05) is 0 Å². The molecule has 9 rings (SSSR count). The normalized spacial score (nSPS) is 21.3. The molecule has 0 aliphatic heterocycles. The van der Waals surface area contributed by atoms with E-state index in [1.165, 1.54) is 109 Å². The molecular formula is C63H99O9P3Ru3. The second-order valence-electron chi connectivity index (χ2n) is 22.0. The van der Waals surface area contributed by atoms with Crippen molar-refractivity contribution in [3.05, 3.63) is 59.9 Å². The fourth-order valence-corrected chi connectivity index (χ4v) is 29.1. The maximum absolute atomic E-state index is 7.50. The maximum atomic E-state index is 7.50. The Balaban J connectivity index is -0.000000214. The summed E-state index contributed by atoms with van der Waals surface area (Å²) in [6.45, 7) is 40.5. The molecule has 78 heavy (non-hydrogen) atoms. The molecule has 9 nitrogen and oxygen atoms in total. The Bertz CT molecular complexity index is 1100. The van der Waals surface area contributed by atoms with Crippen LogP contribution in [-0.4, -0.2) is 50.9 Å². The molecule has 0 atom stereocenters. The van der Waals surface area contributed by atoms with Gasteiger partial charge in [0.1, 0.15) is 0 Å². The minimum absolute atomic E-state index is 0. The zero-order valence-corrected chi connectivity index (χ0v) is 55.5. The van der Waals surface area contributed by atoms with Gasteiger partial charge in [-0.05, 0) is 167 Å². The first kappa shape index (κ1) is 90.0. The molecule has 0 bridgehead atoms. The van der Waals surface area contributed by atoms with E-state index < -0.39 is 0 Å². The third-order valence-electron chi connectivity index (χ3n) is 18.0. The summed E-state index contributed by atoms with van der Waals surface area (Å²) in [6.07, 6.45) is 70.9. The summed E-state index contributed by atoms with van der Waals surface area (Å²) in [6, 6.07) is 0. The van der Waals surface area contributed by atoms with Crippen molar-refractivity contribution in [2.45, 2.75) is 340 Å². The van der Waals surface area contributed by atoms with Gasteiger partial charge in [-0.25, -0.2) is 0 Å². The molecular weight excluding hydrogens is 1300 g/mol. The molecule has 0 aromatic carbocycles. The predicted molar refractivity (Wildman–Crippen MR) is 298 cm³/mol. The van der Waals surface area contributed by atoms with Gasteiger partial charge in [-0.15, -0.1) is 0 Å². The minimum atomic E-state index is 0. The van der Waals surface area contributed by atoms with Gasteiger partial charge in [-0.3, -0.25) is 0 Å². The molecule has 0 aromatic heterocycles. The average molecular weight is 1400 g/mol. The Kier molecular flexibility index (Phi) is 79.2. The summed E-state index contributed by atoms with van der Waals surface area (Å²) in [5, 5.41) is 0. The smallest absolute Gasteiger partial charge is 0 e. The van der Waals surface area contributed by atoms with E-state index in [1.807, 2.05) is 0 Å². The third-order valence-corrected chi connectivity index (χ3v) is 30.2. The molecule has 9 aliphatic rings. The van der Waals surface area contributed by atoms with Gasteiger partial charge < -0.3 is 0 Å². The van der Waals surface area contributed by atoms with Crippen molar-refractivity contribution in [1.29, 1.82) is 0 Å². The van der Waals surface area contributed by atoms with Gasteiger partial charge in [0, 0.05) is 58.4 Å². The Hall–Kier alpha value is 0.820. The Morgan fingerprint density at radius 1 is 0.141 bits per heavy atom. The van der Waals surface area contributed by atoms with Gasteiger partial charge in [-0.1, -0.05) is 197 Å². The molecule has 0 aromatic rings. The van der Waals surface area contributed by atoms with E-state index in [0.717, 1.165) is 0 Å². The number of hydrogen-bond acceptors (Lipinski definition) is 0. The molecule has 444 valence electrons. The predicted octanol–water partition coefficient (Wildman–Crippen LogP) is 19.1. The van der Waals surface area contributed by atoms with Gasteiger partial charge in [-0.2, -0.15) is 0 Å². The molecule has 0 saturated heterocycles. The van der Waals surface area contributed by atoms with Crippen LogP contribution in [0.5, 0.6) is 0 Å². The van der Waals surface area contributed by atoms with Crippen LogP contribution in [0.2, 0.25) is 0 Å². The van der Waals surface area contributed by atoms with Gasteiger partial charge in [0.15, 0.2) is 0 Å². The maximum Gasteiger partial charge on any atom is 0 e. The second-order valence-corrected chi connectivity index (χ2v) is 31.2. The Labute approximate surface area is 519 Å². The fourth-order valence-electron chi connectivity index (χ4n) is 15.1. The standard InChI is InChI=1S/3C18H33P.9CO.3Ru/c3*1-4-10-16(11-5-1)19(17-12-6-2-7-13-17)18-14-8-3-9-15-18;9*1-2;;;/h3*16-18H,1-15H2;;;;;;;;;;;;. The minimum Gasteiger partial charge on any atom is 0 e. The summed E-state index contributed by atoms with van der Waals surface area (Å²) in [5.41, 5.74) is 10.7. The topological polar surface area (TPSA) is 179 Å². The molecule has 0 radical (unpaired) electrons. The molecule has 9 fully saturated rings. The van der Waals surface area contributed by atoms with E-state index in [0.29, 0.717) is 23.8 Å². The fraction of sp³-hybridized carbons (Fsp3) is 0.857. The Morgan fingerprint density at radius 3 is 0.269 bits per heavy atom. The molecule has 0 N–H and O–H groups in total. The summed E-state index contributed by atoms with van der Waals surface area (Å²) >= 11 is 0. The summed E-state index contributed by atoms with van der Waals surface area (Å²) in [7, 11) is 1.15. The van der Waals surface area contributed by atoms with Crippen LogP contribution in [0.25, 0.3) is 0 Å². The summed E-state index contributed by atoms with van der Waals surface area (Å²) in [4.78, 5) is 0. The van der Waals surface area contributed by atoms with E-state index in [9.17, 15) is 0 Å². The van der Waals surface area contributed by atoms with Crippen LogP contribution in [0, 0.1) is 59.9 Å². The third kappa shape index (κ3) is 37.3. The van der Waals surface area contributed by atoms with Crippen LogP contribution in [0.3, 0.4) is 0 Å². The zero-order valence-electron chi connectivity index (χ0n) is 47.6. The largest absolute Gasteiger partial charge is 0 e. The molecule has 0 heterocycles. The van der Waals surface area contributed by atoms with Crippen molar-refractivity contribution in [3.63, 3.8) is 0 Å². The SMILES string of the molecule is C1CCC(P(C2CCCCC2)C2CCCCC2)CC1.C1CCC(P(C2CCCCC2)C2CCCCC2)CC1.C1CCC(P(C2CCCCC2)C2CCCCC2)CC1.[C-]#[O+].[C-]#[O+].[C-]#[O+].[C-]#[O+].[C-]#[O+].[C-]#[O+].[C-]#[O+].[C-]#[O+].[C-]#[O+].[Ru].[Ru].[Ru]. The van der Waals surface area contributed by atoms with Gasteiger partial charge in [0.25, 0.3) is 0 Å². The molecule has 9 aliphatic carbocycles. The first-order chi connectivity index (χ1) is 37.3. The van der Waals surface area contributed by atoms with Crippen molar-refractivity contribution in [3.8, 4) is 0 Å². The van der Waals surface area contributed by atoms with Crippen LogP contribution in [0.1, 0.15) is 289 Å². The second kappa shape index (κ2) is 68.6. The van der Waals surface area contributed by atoms with Crippen LogP contribution < -0.4 is 0 Å². The van der Waals surface area contributed by atoms with Gasteiger partial charge >= 0.3 is 102 Å². The first-order valence-electron chi connectivity index (χ1n) is 29.5. The zero-order chi connectivity index (χ0) is 56.7. The van der Waals surface area contributed by atoms with E-state index in [2.05, 4.69) is 59.9 Å². The van der Waals surface area contributed by atoms with Crippen molar-refractivity contribution in [2.24, 2.45) is 0 Å². The van der Waals surface area contributed by atoms with Crippen LogP contribution in [-0.2, 0) is 100 Å². The van der Waals surface area contributed by atoms with Gasteiger partial charge in [0.05, 0.1) is 0 Å². The monoisotopic (exact) mass is 1400 g/mol. The number of hydrogen-bond donors (Lipinski definition) is 0. The average Bonchev–Trinajstić information content (AvgIpc) is 3.54. The van der Waals surface area contributed by atoms with E-state index in [-0.39, 0.29) is 58.4 Å². The quantitative estimate of drug-likeness (QED) is 0.0924. The van der Waals surface area contributed by atoms with Crippen LogP contribution >= 0.6 is 23.8 Å². The van der Waals surface area contributed by atoms with Gasteiger partial charge in [0.2, 0.25) is 0 Å². The van der Waals surface area contributed by atoms with Crippen LogP contribution in [0.4, 0.5) is 0 Å². The van der Waals surface area contributed by atoms with Crippen molar-refractivity contribution >= 4 is 23.8 Å². The van der Waals surface area contributed by atoms with E-state index in [4.69, 9.17) is 41.9 Å². The van der Waals surface area contributed by atoms with Crippen molar-refractivity contribution in [1.82, 2.24) is 0 Å². The molecule has 0 spiro atoms. The molecule has 0 amide bonds.